The van der Waals surface area contributed by atoms with Crippen molar-refractivity contribution in [1.29, 1.82) is 0 Å². The number of nitrogens with two attached hydrogens (primary N) is 1. The van der Waals surface area contributed by atoms with Gasteiger partial charge in [-0.15, -0.1) is 0 Å². The molecule has 1 aliphatic heterocycles. The van der Waals surface area contributed by atoms with E-state index in [4.69, 9.17) is 5.73 Å². The molecule has 1 unspecified atom stereocenters. The van der Waals surface area contributed by atoms with Crippen LogP contribution >= 0.6 is 0 Å². The van der Waals surface area contributed by atoms with Gasteiger partial charge in [0, 0.05) is 0 Å². The molecule has 0 bridgehead atoms. The minimum absolute atomic E-state index is 0.175. The van der Waals surface area contributed by atoms with Crippen LogP contribution in [0.25, 0.3) is 0 Å². The van der Waals surface area contributed by atoms with Crippen molar-refractivity contribution in [1.82, 2.24) is 16.0 Å². The molecule has 0 spiro atoms. The summed E-state index contributed by atoms with van der Waals surface area (Å²) >= 11 is 0. The van der Waals surface area contributed by atoms with Crippen LogP contribution in [0.4, 0.5) is 0 Å². The minimum Gasteiger partial charge on any atom is -0.368 e. The molecule has 3 amide bonds. The van der Waals surface area contributed by atoms with E-state index in [9.17, 15) is 14.4 Å². The van der Waals surface area contributed by atoms with Crippen LogP contribution in [0.5, 0.6) is 0 Å². The van der Waals surface area contributed by atoms with Crippen LogP contribution in [0.15, 0.2) is 0 Å². The first kappa shape index (κ1) is 15.4. The smallest absolute Gasteiger partial charge is 0.243 e. The van der Waals surface area contributed by atoms with Gasteiger partial charge in [-0.1, -0.05) is 13.8 Å². The van der Waals surface area contributed by atoms with Crippen molar-refractivity contribution < 1.29 is 14.4 Å². The van der Waals surface area contributed by atoms with Gasteiger partial charge >= 0.3 is 0 Å². The van der Waals surface area contributed by atoms with Gasteiger partial charge in [0.15, 0.2) is 0 Å². The summed E-state index contributed by atoms with van der Waals surface area (Å²) in [5, 5.41) is 8.10. The van der Waals surface area contributed by atoms with Crippen LogP contribution < -0.4 is 21.7 Å². The maximum absolute atomic E-state index is 11.9. The summed E-state index contributed by atoms with van der Waals surface area (Å²) in [5.41, 5.74) is 4.97. The fraction of sp³-hybridized carbons (Fsp3) is 0.750. The van der Waals surface area contributed by atoms with Crippen molar-refractivity contribution in [3.63, 3.8) is 0 Å². The summed E-state index contributed by atoms with van der Waals surface area (Å²) in [6.07, 6.45) is 1.30. The van der Waals surface area contributed by atoms with Gasteiger partial charge in [-0.25, -0.2) is 0 Å². The maximum Gasteiger partial charge on any atom is 0.243 e. The Bertz CT molecular complexity index is 353. The third kappa shape index (κ3) is 5.25. The Kier molecular flexibility index (Phi) is 5.75. The zero-order chi connectivity index (χ0) is 14.4. The molecule has 0 aromatic rings. The fourth-order valence-corrected chi connectivity index (χ4v) is 1.79. The molecule has 7 nitrogen and oxygen atoms in total. The first-order valence-electron chi connectivity index (χ1n) is 6.50. The van der Waals surface area contributed by atoms with Crippen molar-refractivity contribution in [2.75, 3.05) is 13.1 Å². The van der Waals surface area contributed by atoms with Gasteiger partial charge in [-0.05, 0) is 25.3 Å². The summed E-state index contributed by atoms with van der Waals surface area (Å²) in [4.78, 5) is 34.4. The molecule has 1 saturated heterocycles. The summed E-state index contributed by atoms with van der Waals surface area (Å²) in [6, 6.07) is -0.840. The molecular weight excluding hydrogens is 248 g/mol. The van der Waals surface area contributed by atoms with Crippen LogP contribution in [0.3, 0.4) is 0 Å². The largest absolute Gasteiger partial charge is 0.368 e. The summed E-state index contributed by atoms with van der Waals surface area (Å²) in [7, 11) is 0. The molecule has 19 heavy (non-hydrogen) atoms. The lowest BCUT2D eigenvalue weighted by Gasteiger charge is -2.29. The zero-order valence-corrected chi connectivity index (χ0v) is 11.4. The fourth-order valence-electron chi connectivity index (χ4n) is 1.79. The van der Waals surface area contributed by atoms with Gasteiger partial charge < -0.3 is 21.7 Å². The predicted octanol–water partition coefficient (Wildman–Crippen LogP) is -1.52. The summed E-state index contributed by atoms with van der Waals surface area (Å²) < 4.78 is 0. The zero-order valence-electron chi connectivity index (χ0n) is 11.4. The Morgan fingerprint density at radius 1 is 1.37 bits per heavy atom. The van der Waals surface area contributed by atoms with Crippen molar-refractivity contribution >= 4 is 17.7 Å². The Morgan fingerprint density at radius 2 is 2.00 bits per heavy atom. The van der Waals surface area contributed by atoms with Crippen molar-refractivity contribution in [2.45, 2.75) is 38.8 Å². The third-order valence-electron chi connectivity index (χ3n) is 2.92. The van der Waals surface area contributed by atoms with Crippen LogP contribution in [-0.2, 0) is 14.4 Å². The molecule has 5 N–H and O–H groups in total. The van der Waals surface area contributed by atoms with Gasteiger partial charge in [-0.3, -0.25) is 14.4 Å². The normalized spacial score (nSPS) is 19.4. The lowest BCUT2D eigenvalue weighted by Crippen LogP contribution is -2.58. The molecule has 108 valence electrons. The molecule has 7 heteroatoms. The monoisotopic (exact) mass is 270 g/mol. The second-order valence-electron chi connectivity index (χ2n) is 5.17. The molecule has 1 heterocycles. The Labute approximate surface area is 112 Å². The van der Waals surface area contributed by atoms with E-state index in [0.29, 0.717) is 6.42 Å². The van der Waals surface area contributed by atoms with Crippen LogP contribution in [0.2, 0.25) is 0 Å². The first-order valence-corrected chi connectivity index (χ1v) is 6.50. The lowest BCUT2D eigenvalue weighted by atomic mass is 10.0. The number of hydrogen-bond donors (Lipinski definition) is 4. The number of carbonyl (C=O) groups is 3. The summed E-state index contributed by atoms with van der Waals surface area (Å²) in [5.74, 6) is -0.908. The lowest BCUT2D eigenvalue weighted by molar-refractivity contribution is -0.131. The average molecular weight is 270 g/mol. The quantitative estimate of drug-likeness (QED) is 0.450. The molecule has 0 aliphatic carbocycles. The van der Waals surface area contributed by atoms with E-state index >= 15 is 0 Å². The van der Waals surface area contributed by atoms with Crippen LogP contribution in [0, 0.1) is 5.92 Å². The standard InChI is InChI=1S/C12H22N4O3/c1-7(2)5-9(11(18)15-6-10(13)17)16-12(19)8-3-4-14-8/h7-9,14H,3-6H2,1-2H3,(H2,13,17)(H,15,18)(H,16,19)/t8?,9-/m0/s1. The van der Waals surface area contributed by atoms with Crippen molar-refractivity contribution in [2.24, 2.45) is 11.7 Å². The molecule has 0 radical (unpaired) electrons. The molecule has 1 aliphatic rings. The molecule has 0 aromatic heterocycles. The summed E-state index contributed by atoms with van der Waals surface area (Å²) in [6.45, 7) is 4.52. The predicted molar refractivity (Wildman–Crippen MR) is 70.0 cm³/mol. The number of carbonyl (C=O) groups excluding carboxylic acids is 3. The second kappa shape index (κ2) is 7.08. The number of nitrogens with one attached hydrogen (secondary N) is 3. The highest BCUT2D eigenvalue weighted by atomic mass is 16.2. The first-order chi connectivity index (χ1) is 8.90. The molecule has 1 rings (SSSR count). The van der Waals surface area contributed by atoms with E-state index in [0.717, 1.165) is 13.0 Å². The molecular formula is C12H22N4O3. The number of hydrogen-bond acceptors (Lipinski definition) is 4. The minimum atomic E-state index is -0.630. The Hall–Kier alpha value is -1.63. The van der Waals surface area contributed by atoms with Crippen molar-refractivity contribution in [3.8, 4) is 0 Å². The van der Waals surface area contributed by atoms with E-state index in [1.807, 2.05) is 13.8 Å². The number of primary amides is 1. The van der Waals surface area contributed by atoms with Crippen LogP contribution in [-0.4, -0.2) is 42.9 Å². The molecule has 2 atom stereocenters. The Morgan fingerprint density at radius 3 is 2.42 bits per heavy atom. The van der Waals surface area contributed by atoms with E-state index in [1.165, 1.54) is 0 Å². The van der Waals surface area contributed by atoms with E-state index < -0.39 is 11.9 Å². The van der Waals surface area contributed by atoms with Crippen LogP contribution in [0.1, 0.15) is 26.7 Å². The van der Waals surface area contributed by atoms with Gasteiger partial charge in [0.25, 0.3) is 0 Å². The van der Waals surface area contributed by atoms with Gasteiger partial charge in [0.05, 0.1) is 12.6 Å². The van der Waals surface area contributed by atoms with Gasteiger partial charge in [0.1, 0.15) is 6.04 Å². The average Bonchev–Trinajstić information content (AvgIpc) is 2.21. The third-order valence-corrected chi connectivity index (χ3v) is 2.92. The highest BCUT2D eigenvalue weighted by Crippen LogP contribution is 2.07. The van der Waals surface area contributed by atoms with Crippen molar-refractivity contribution in [3.05, 3.63) is 0 Å². The van der Waals surface area contributed by atoms with E-state index in [1.54, 1.807) is 0 Å². The van der Waals surface area contributed by atoms with E-state index in [2.05, 4.69) is 16.0 Å². The highest BCUT2D eigenvalue weighted by molar-refractivity contribution is 5.91. The number of rotatable bonds is 7. The number of amides is 3. The maximum atomic E-state index is 11.9. The second-order valence-corrected chi connectivity index (χ2v) is 5.17. The van der Waals surface area contributed by atoms with Gasteiger partial charge in [0.2, 0.25) is 17.7 Å². The van der Waals surface area contributed by atoms with E-state index in [-0.39, 0.29) is 30.3 Å². The highest BCUT2D eigenvalue weighted by Gasteiger charge is 2.29. The van der Waals surface area contributed by atoms with Gasteiger partial charge in [-0.2, -0.15) is 0 Å². The SMILES string of the molecule is CC(C)C[C@H](NC(=O)C1CCN1)C(=O)NCC(N)=O. The molecule has 1 fully saturated rings. The molecule has 0 saturated carbocycles. The topological polar surface area (TPSA) is 113 Å². The molecule has 0 aromatic carbocycles. The Balaban J connectivity index is 2.51.